The van der Waals surface area contributed by atoms with E-state index in [-0.39, 0.29) is 0 Å². The molecule has 0 amide bonds. The first-order valence-corrected chi connectivity index (χ1v) is 21.7. The molecule has 0 bridgehead atoms. The van der Waals surface area contributed by atoms with Gasteiger partial charge in [-0.3, -0.25) is 19.8 Å². The van der Waals surface area contributed by atoms with Gasteiger partial charge in [-0.2, -0.15) is 16.7 Å². The average molecular weight is 769 g/mol. The number of methoxy groups -OCH3 is 1. The van der Waals surface area contributed by atoms with E-state index < -0.39 is 7.14 Å². The predicted octanol–water partition coefficient (Wildman–Crippen LogP) is 6.44. The molecule has 0 unspecified atom stereocenters. The van der Waals surface area contributed by atoms with Crippen LogP contribution < -0.4 is 25.6 Å². The summed E-state index contributed by atoms with van der Waals surface area (Å²) in [7, 11) is -1.04. The molecule has 11 nitrogen and oxygen atoms in total. The molecule has 4 aromatic rings. The Kier molecular flexibility index (Phi) is 11.7. The molecule has 4 heterocycles. The van der Waals surface area contributed by atoms with Gasteiger partial charge in [0.1, 0.15) is 24.2 Å². The molecule has 0 spiro atoms. The lowest BCUT2D eigenvalue weighted by Gasteiger charge is -2.43. The maximum atomic E-state index is 13.4. The molecule has 2 N–H and O–H groups in total. The number of rotatable bonds is 12. The van der Waals surface area contributed by atoms with Gasteiger partial charge in [0.2, 0.25) is 5.95 Å². The van der Waals surface area contributed by atoms with Gasteiger partial charge in [-0.15, -0.1) is 0 Å². The van der Waals surface area contributed by atoms with E-state index in [1.165, 1.54) is 62.6 Å². The highest BCUT2D eigenvalue weighted by molar-refractivity contribution is 9.10. The highest BCUT2D eigenvalue weighted by Gasteiger charge is 2.29. The number of benzene rings is 2. The summed E-state index contributed by atoms with van der Waals surface area (Å²) in [5.74, 6) is 2.90. The smallest absolute Gasteiger partial charge is 0.229 e. The fourth-order valence-electron chi connectivity index (χ4n) is 6.93. The number of aryl methyl sites for hydroxylation is 1. The van der Waals surface area contributed by atoms with Crippen molar-refractivity contribution >= 4 is 80.0 Å². The molecule has 2 aromatic carbocycles. The van der Waals surface area contributed by atoms with Crippen LogP contribution >= 0.6 is 34.8 Å². The first-order valence-electron chi connectivity index (χ1n) is 17.0. The van der Waals surface area contributed by atoms with E-state index in [0.29, 0.717) is 44.3 Å². The number of nitrogens with one attached hydrogen (secondary N) is 2. The second kappa shape index (κ2) is 15.9. The van der Waals surface area contributed by atoms with Crippen LogP contribution in [0.3, 0.4) is 0 Å². The first kappa shape index (κ1) is 35.9. The fraction of sp³-hybridized carbons (Fsp3) is 0.486. The van der Waals surface area contributed by atoms with Gasteiger partial charge in [0.15, 0.2) is 0 Å². The van der Waals surface area contributed by atoms with Gasteiger partial charge in [-0.1, -0.05) is 6.92 Å². The Morgan fingerprint density at radius 2 is 1.76 bits per heavy atom. The van der Waals surface area contributed by atoms with Crippen molar-refractivity contribution in [3.63, 3.8) is 0 Å². The van der Waals surface area contributed by atoms with E-state index in [4.69, 9.17) is 9.72 Å². The van der Waals surface area contributed by atoms with E-state index in [0.717, 1.165) is 30.9 Å². The number of piperidine rings is 1. The van der Waals surface area contributed by atoms with Gasteiger partial charge in [0.25, 0.3) is 0 Å². The van der Waals surface area contributed by atoms with Crippen LogP contribution in [0.2, 0.25) is 0 Å². The quantitative estimate of drug-likeness (QED) is 0.155. The van der Waals surface area contributed by atoms with Gasteiger partial charge >= 0.3 is 0 Å². The van der Waals surface area contributed by atoms with Crippen molar-refractivity contribution in [3.05, 3.63) is 52.9 Å². The molecule has 2 saturated heterocycles. The maximum Gasteiger partial charge on any atom is 0.229 e. The molecule has 2 fully saturated rings. The summed E-state index contributed by atoms with van der Waals surface area (Å²) in [6.45, 7) is 13.7. The largest absolute Gasteiger partial charge is 0.494 e. The third kappa shape index (κ3) is 8.34. The molecule has 14 heteroatoms. The summed E-state index contributed by atoms with van der Waals surface area (Å²) in [6, 6.07) is 8.72. The zero-order valence-corrected chi connectivity index (χ0v) is 32.4. The number of ether oxygens (including phenoxy) is 1. The number of hydrogen-bond acceptors (Lipinski definition) is 12. The Labute approximate surface area is 302 Å². The molecule has 262 valence electrons. The van der Waals surface area contributed by atoms with Crippen molar-refractivity contribution < 1.29 is 9.30 Å². The van der Waals surface area contributed by atoms with Gasteiger partial charge in [0, 0.05) is 88.0 Å². The van der Waals surface area contributed by atoms with Gasteiger partial charge < -0.3 is 24.8 Å². The highest BCUT2D eigenvalue weighted by Crippen LogP contribution is 2.42. The summed E-state index contributed by atoms with van der Waals surface area (Å²) in [5, 5.41) is 7.43. The van der Waals surface area contributed by atoms with Gasteiger partial charge in [-0.05, 0) is 78.5 Å². The molecule has 6 rings (SSSR count). The number of thioether (sulfide) groups is 1. The van der Waals surface area contributed by atoms with Gasteiger partial charge in [-0.25, -0.2) is 4.98 Å². The van der Waals surface area contributed by atoms with Crippen LogP contribution in [0.25, 0.3) is 11.0 Å². The van der Waals surface area contributed by atoms with E-state index >= 15 is 0 Å². The summed E-state index contributed by atoms with van der Waals surface area (Å²) < 4.78 is 20.0. The van der Waals surface area contributed by atoms with Crippen molar-refractivity contribution in [3.8, 4) is 5.75 Å². The number of halogens is 1. The molecule has 2 aromatic heterocycles. The Hall–Kier alpha value is -2.96. The molecule has 2 aliphatic heterocycles. The zero-order valence-electron chi connectivity index (χ0n) is 29.1. The number of hydrogen-bond donors (Lipinski definition) is 2. The summed E-state index contributed by atoms with van der Waals surface area (Å²) in [4.78, 5) is 26.1. The second-order valence-electron chi connectivity index (χ2n) is 13.0. The minimum Gasteiger partial charge on any atom is -0.494 e. The summed E-state index contributed by atoms with van der Waals surface area (Å²) >= 11 is 5.53. The monoisotopic (exact) mass is 767 g/mol. The van der Waals surface area contributed by atoms with Crippen molar-refractivity contribution in [2.24, 2.45) is 0 Å². The first-order chi connectivity index (χ1) is 23.7. The standard InChI is InChI=1S/C35H47BrN9O2PS/c1-6-24-21-29(31(47-2)22-30(24)45-13-9-25(10-14-45)44-17-15-43(16-18-44)19-20-49-5)41-35-39-23-26(36)34(42-35)40-28-8-7-27-32(38-12-11-37-27)33(28)48(3,4)46/h7-8,11-12,21-23,25H,6,9-10,13-20H2,1-5H3,(H2,39,40,41,42). The predicted molar refractivity (Wildman–Crippen MR) is 209 cm³/mol. The van der Waals surface area contributed by atoms with E-state index in [1.54, 1.807) is 39.0 Å². The molecule has 0 saturated carbocycles. The fourth-order valence-corrected chi connectivity index (χ4v) is 9.06. The Balaban J connectivity index is 1.17. The average Bonchev–Trinajstić information content (AvgIpc) is 3.11. The van der Waals surface area contributed by atoms with Gasteiger partial charge in [0.05, 0.1) is 33.8 Å². The molecule has 0 atom stereocenters. The van der Waals surface area contributed by atoms with Crippen LogP contribution in [0, 0.1) is 0 Å². The van der Waals surface area contributed by atoms with Crippen LogP contribution in [0.1, 0.15) is 25.3 Å². The molecular weight excluding hydrogens is 721 g/mol. The Bertz CT molecular complexity index is 1810. The van der Waals surface area contributed by atoms with E-state index in [9.17, 15) is 4.57 Å². The number of nitrogens with zero attached hydrogens (tertiary/aromatic N) is 7. The lowest BCUT2D eigenvalue weighted by atomic mass is 9.99. The third-order valence-electron chi connectivity index (χ3n) is 9.52. The van der Waals surface area contributed by atoms with Crippen LogP contribution in [-0.2, 0) is 11.0 Å². The van der Waals surface area contributed by atoms with Crippen molar-refractivity contribution in [1.82, 2.24) is 29.7 Å². The molecule has 49 heavy (non-hydrogen) atoms. The lowest BCUT2D eigenvalue weighted by molar-refractivity contribution is 0.0884. The second-order valence-corrected chi connectivity index (χ2v) is 18.0. The maximum absolute atomic E-state index is 13.4. The highest BCUT2D eigenvalue weighted by atomic mass is 79.9. The number of anilines is 5. The van der Waals surface area contributed by atoms with Crippen LogP contribution in [-0.4, -0.2) is 114 Å². The van der Waals surface area contributed by atoms with Crippen molar-refractivity contribution in [2.45, 2.75) is 32.2 Å². The van der Waals surface area contributed by atoms with E-state index in [1.807, 2.05) is 23.9 Å². The SMILES string of the molecule is CCc1cc(Nc2ncc(Br)c(Nc3ccc4nccnc4c3P(C)(C)=O)n2)c(OC)cc1N1CCC(N2CCN(CCSC)CC2)CC1. The van der Waals surface area contributed by atoms with Crippen molar-refractivity contribution in [1.29, 1.82) is 0 Å². The number of piperazine rings is 1. The molecule has 0 aliphatic carbocycles. The normalized spacial score (nSPS) is 16.7. The zero-order chi connectivity index (χ0) is 34.5. The Morgan fingerprint density at radius 3 is 2.45 bits per heavy atom. The molecule has 2 aliphatic rings. The minimum absolute atomic E-state index is 0.409. The number of fused-ring (bicyclic) bond motifs is 1. The summed E-state index contributed by atoms with van der Waals surface area (Å²) in [6.07, 6.45) is 10.4. The Morgan fingerprint density at radius 1 is 1.00 bits per heavy atom. The minimum atomic E-state index is -2.74. The third-order valence-corrected chi connectivity index (χ3v) is 12.2. The van der Waals surface area contributed by atoms with Crippen LogP contribution in [0.4, 0.5) is 28.8 Å². The molecular formula is C35H47BrN9O2PS. The van der Waals surface area contributed by atoms with Crippen LogP contribution in [0.5, 0.6) is 5.75 Å². The van der Waals surface area contributed by atoms with Crippen molar-refractivity contribution in [2.75, 3.05) is 93.8 Å². The lowest BCUT2D eigenvalue weighted by Crippen LogP contribution is -2.53. The number of aromatic nitrogens is 4. The summed E-state index contributed by atoms with van der Waals surface area (Å²) in [5.41, 5.74) is 5.27. The topological polar surface area (TPSA) is 112 Å². The van der Waals surface area contributed by atoms with E-state index in [2.05, 4.69) is 81.5 Å². The van der Waals surface area contributed by atoms with Crippen LogP contribution in [0.15, 0.2) is 47.3 Å². The molecule has 0 radical (unpaired) electrons.